The quantitative estimate of drug-likeness (QED) is 0.837. The van der Waals surface area contributed by atoms with Crippen LogP contribution in [-0.4, -0.2) is 6.79 Å². The summed E-state index contributed by atoms with van der Waals surface area (Å²) in [6, 6.07) is 14.3. The summed E-state index contributed by atoms with van der Waals surface area (Å²) in [6.45, 7) is 4.89. The van der Waals surface area contributed by atoms with Crippen LogP contribution in [0.5, 0.6) is 11.5 Å². The van der Waals surface area contributed by atoms with Crippen molar-refractivity contribution in [1.82, 2.24) is 0 Å². The van der Waals surface area contributed by atoms with Crippen LogP contribution in [0.1, 0.15) is 11.1 Å². The molecule has 3 nitrogen and oxygen atoms in total. The number of hydrogen-bond acceptors (Lipinski definition) is 3. The van der Waals surface area contributed by atoms with Gasteiger partial charge in [0, 0.05) is 18.3 Å². The zero-order valence-electron chi connectivity index (χ0n) is 11.3. The van der Waals surface area contributed by atoms with Gasteiger partial charge in [-0.25, -0.2) is 0 Å². The lowest BCUT2D eigenvalue weighted by molar-refractivity contribution is 0.174. The molecule has 1 aliphatic heterocycles. The van der Waals surface area contributed by atoms with Crippen molar-refractivity contribution in [3.8, 4) is 11.5 Å². The van der Waals surface area contributed by atoms with E-state index in [9.17, 15) is 0 Å². The van der Waals surface area contributed by atoms with Crippen molar-refractivity contribution in [1.29, 1.82) is 0 Å². The van der Waals surface area contributed by atoms with Gasteiger partial charge in [-0.3, -0.25) is 0 Å². The van der Waals surface area contributed by atoms with Crippen LogP contribution >= 0.6 is 0 Å². The van der Waals surface area contributed by atoms with Gasteiger partial charge in [-0.2, -0.15) is 0 Å². The van der Waals surface area contributed by atoms with Crippen molar-refractivity contribution in [2.24, 2.45) is 0 Å². The molecule has 2 aromatic carbocycles. The molecule has 0 amide bonds. The van der Waals surface area contributed by atoms with Crippen LogP contribution in [0.4, 0.5) is 5.69 Å². The Morgan fingerprint density at radius 3 is 2.60 bits per heavy atom. The molecule has 0 fully saturated rings. The lowest BCUT2D eigenvalue weighted by atomic mass is 10.1. The summed E-state index contributed by atoms with van der Waals surface area (Å²) in [7, 11) is 0. The first-order chi connectivity index (χ1) is 9.86. The fraction of sp³-hybridized carbons (Fsp3) is 0.176. The molecule has 0 aromatic heterocycles. The van der Waals surface area contributed by atoms with Gasteiger partial charge in [0.05, 0.1) is 0 Å². The third kappa shape index (κ3) is 2.62. The molecule has 1 N–H and O–H groups in total. The molecule has 0 unspecified atom stereocenters. The average molecular weight is 267 g/mol. The molecule has 0 bridgehead atoms. The Hall–Kier alpha value is -2.42. The van der Waals surface area contributed by atoms with Crippen molar-refractivity contribution in [3.63, 3.8) is 0 Å². The number of anilines is 1. The predicted molar refractivity (Wildman–Crippen MR) is 80.2 cm³/mol. The second-order valence-corrected chi connectivity index (χ2v) is 4.69. The molecule has 0 saturated heterocycles. The van der Waals surface area contributed by atoms with Crippen LogP contribution in [0.25, 0.3) is 0 Å². The molecule has 0 radical (unpaired) electrons. The first kappa shape index (κ1) is 12.6. The molecular formula is C17H17NO2. The minimum absolute atomic E-state index is 0.297. The number of hydrogen-bond donors (Lipinski definition) is 1. The summed E-state index contributed by atoms with van der Waals surface area (Å²) >= 11 is 0. The smallest absolute Gasteiger partial charge is 0.231 e. The largest absolute Gasteiger partial charge is 0.454 e. The maximum Gasteiger partial charge on any atom is 0.231 e. The molecule has 0 spiro atoms. The third-order valence-corrected chi connectivity index (χ3v) is 3.29. The van der Waals surface area contributed by atoms with Crippen molar-refractivity contribution in [2.45, 2.75) is 13.0 Å². The van der Waals surface area contributed by atoms with Crippen LogP contribution in [-0.2, 0) is 13.0 Å². The van der Waals surface area contributed by atoms with E-state index in [1.54, 1.807) is 0 Å². The monoisotopic (exact) mass is 267 g/mol. The predicted octanol–water partition coefficient (Wildman–Crippen LogP) is 3.76. The van der Waals surface area contributed by atoms with E-state index in [-0.39, 0.29) is 0 Å². The van der Waals surface area contributed by atoms with Gasteiger partial charge in [-0.15, -0.1) is 6.58 Å². The van der Waals surface area contributed by atoms with Crippen LogP contribution in [0.3, 0.4) is 0 Å². The Bertz CT molecular complexity index is 608. The summed E-state index contributed by atoms with van der Waals surface area (Å²) in [4.78, 5) is 0. The Labute approximate surface area is 118 Å². The Morgan fingerprint density at radius 2 is 1.85 bits per heavy atom. The molecule has 1 aliphatic rings. The standard InChI is InChI=1S/C17H17NO2/c1-2-6-14-9-16-17(20-12-19-16)10-15(14)18-11-13-7-4-3-5-8-13/h2-5,7-10,18H,1,6,11-12H2. The van der Waals surface area contributed by atoms with Gasteiger partial charge in [0.2, 0.25) is 6.79 Å². The van der Waals surface area contributed by atoms with E-state index in [1.807, 2.05) is 36.4 Å². The molecule has 102 valence electrons. The number of ether oxygens (including phenoxy) is 2. The Balaban J connectivity index is 1.82. The summed E-state index contributed by atoms with van der Waals surface area (Å²) in [6.07, 6.45) is 2.69. The van der Waals surface area contributed by atoms with E-state index in [0.29, 0.717) is 6.79 Å². The minimum atomic E-state index is 0.297. The van der Waals surface area contributed by atoms with Gasteiger partial charge < -0.3 is 14.8 Å². The van der Waals surface area contributed by atoms with Crippen LogP contribution < -0.4 is 14.8 Å². The fourth-order valence-corrected chi connectivity index (χ4v) is 2.27. The first-order valence-electron chi connectivity index (χ1n) is 6.68. The summed E-state index contributed by atoms with van der Waals surface area (Å²) in [5.41, 5.74) is 3.48. The average Bonchev–Trinajstić information content (AvgIpc) is 2.93. The molecule has 20 heavy (non-hydrogen) atoms. The van der Waals surface area contributed by atoms with Gasteiger partial charge in [0.1, 0.15) is 0 Å². The Morgan fingerprint density at radius 1 is 1.10 bits per heavy atom. The first-order valence-corrected chi connectivity index (χ1v) is 6.68. The SMILES string of the molecule is C=CCc1cc2c(cc1NCc1ccccc1)OCO2. The molecule has 0 atom stereocenters. The lowest BCUT2D eigenvalue weighted by Gasteiger charge is -2.12. The highest BCUT2D eigenvalue weighted by Gasteiger charge is 2.16. The van der Waals surface area contributed by atoms with E-state index in [1.165, 1.54) is 11.1 Å². The lowest BCUT2D eigenvalue weighted by Crippen LogP contribution is -2.02. The zero-order chi connectivity index (χ0) is 13.8. The van der Waals surface area contributed by atoms with E-state index in [2.05, 4.69) is 24.0 Å². The molecule has 0 aliphatic carbocycles. The highest BCUT2D eigenvalue weighted by atomic mass is 16.7. The molecule has 1 heterocycles. The van der Waals surface area contributed by atoms with Crippen LogP contribution in [0.2, 0.25) is 0 Å². The van der Waals surface area contributed by atoms with E-state index in [0.717, 1.165) is 30.2 Å². The summed E-state index contributed by atoms with van der Waals surface area (Å²) in [5, 5.41) is 3.46. The summed E-state index contributed by atoms with van der Waals surface area (Å²) < 4.78 is 10.9. The van der Waals surface area contributed by atoms with Crippen LogP contribution in [0, 0.1) is 0 Å². The second-order valence-electron chi connectivity index (χ2n) is 4.69. The number of allylic oxidation sites excluding steroid dienone is 1. The highest BCUT2D eigenvalue weighted by molar-refractivity contribution is 5.61. The maximum absolute atomic E-state index is 5.44. The van der Waals surface area contributed by atoms with Crippen molar-refractivity contribution < 1.29 is 9.47 Å². The van der Waals surface area contributed by atoms with Crippen LogP contribution in [0.15, 0.2) is 55.1 Å². The van der Waals surface area contributed by atoms with E-state index >= 15 is 0 Å². The van der Waals surface area contributed by atoms with Gasteiger partial charge in [0.15, 0.2) is 11.5 Å². The van der Waals surface area contributed by atoms with E-state index < -0.39 is 0 Å². The van der Waals surface area contributed by atoms with Gasteiger partial charge >= 0.3 is 0 Å². The highest BCUT2D eigenvalue weighted by Crippen LogP contribution is 2.37. The van der Waals surface area contributed by atoms with Crippen molar-refractivity contribution in [2.75, 3.05) is 12.1 Å². The zero-order valence-corrected chi connectivity index (χ0v) is 11.3. The fourth-order valence-electron chi connectivity index (χ4n) is 2.27. The maximum atomic E-state index is 5.44. The minimum Gasteiger partial charge on any atom is -0.454 e. The van der Waals surface area contributed by atoms with Gasteiger partial charge in [-0.1, -0.05) is 36.4 Å². The molecule has 3 heteroatoms. The summed E-state index contributed by atoms with van der Waals surface area (Å²) in [5.74, 6) is 1.61. The number of nitrogens with one attached hydrogen (secondary N) is 1. The molecular weight excluding hydrogens is 250 g/mol. The van der Waals surface area contributed by atoms with Gasteiger partial charge in [0.25, 0.3) is 0 Å². The Kier molecular flexibility index (Phi) is 3.59. The van der Waals surface area contributed by atoms with E-state index in [4.69, 9.17) is 9.47 Å². The number of fused-ring (bicyclic) bond motifs is 1. The van der Waals surface area contributed by atoms with Crippen molar-refractivity contribution in [3.05, 3.63) is 66.2 Å². The van der Waals surface area contributed by atoms with Crippen molar-refractivity contribution >= 4 is 5.69 Å². The molecule has 0 saturated carbocycles. The normalized spacial score (nSPS) is 12.2. The third-order valence-electron chi connectivity index (χ3n) is 3.29. The number of benzene rings is 2. The topological polar surface area (TPSA) is 30.5 Å². The second kappa shape index (κ2) is 5.70. The molecule has 3 rings (SSSR count). The number of rotatable bonds is 5. The van der Waals surface area contributed by atoms with Gasteiger partial charge in [-0.05, 0) is 23.6 Å². The molecule has 2 aromatic rings.